The Morgan fingerprint density at radius 1 is 1.37 bits per heavy atom. The van der Waals surface area contributed by atoms with E-state index in [-0.39, 0.29) is 12.3 Å². The van der Waals surface area contributed by atoms with Crippen LogP contribution in [-0.2, 0) is 4.79 Å². The molecule has 1 amide bonds. The van der Waals surface area contributed by atoms with Crippen molar-refractivity contribution in [3.8, 4) is 0 Å². The Hall–Kier alpha value is -1.83. The quantitative estimate of drug-likeness (QED) is 0.784. The fourth-order valence-corrected chi connectivity index (χ4v) is 1.13. The number of carbonyl (C=O) groups is 1. The molecule has 19 heavy (non-hydrogen) atoms. The molecular formula is C11H14F3N3O2. The van der Waals surface area contributed by atoms with E-state index in [9.17, 15) is 18.0 Å². The number of carbonyl (C=O) groups excluding carboxylic acids is 1. The van der Waals surface area contributed by atoms with Crippen LogP contribution in [0.2, 0.25) is 0 Å². The first kappa shape index (κ1) is 15.2. The number of rotatable bonds is 4. The van der Waals surface area contributed by atoms with Crippen molar-refractivity contribution in [2.75, 3.05) is 17.2 Å². The first-order valence-electron chi connectivity index (χ1n) is 5.37. The molecule has 0 spiro atoms. The van der Waals surface area contributed by atoms with Gasteiger partial charge in [0.25, 0.3) is 0 Å². The topological polar surface area (TPSA) is 74.2 Å². The standard InChI is InChI=1S/C11H14F3N3O2/c1-10(2,6-18)17-8-4-3-7(5-15-8)16-9(19)11(12,13)14/h3-5,18H,6H2,1-2H3,(H,15,17)(H,16,19). The maximum atomic E-state index is 12.0. The van der Waals surface area contributed by atoms with Gasteiger partial charge in [0.15, 0.2) is 0 Å². The van der Waals surface area contributed by atoms with Gasteiger partial charge < -0.3 is 15.7 Å². The van der Waals surface area contributed by atoms with Crippen LogP contribution in [0.15, 0.2) is 18.3 Å². The minimum absolute atomic E-state index is 0.0605. The minimum Gasteiger partial charge on any atom is -0.394 e. The van der Waals surface area contributed by atoms with Gasteiger partial charge in [-0.15, -0.1) is 0 Å². The second kappa shape index (κ2) is 5.43. The van der Waals surface area contributed by atoms with Gasteiger partial charge in [0.05, 0.1) is 24.0 Å². The van der Waals surface area contributed by atoms with Crippen LogP contribution < -0.4 is 10.6 Å². The van der Waals surface area contributed by atoms with Gasteiger partial charge >= 0.3 is 12.1 Å². The molecule has 5 nitrogen and oxygen atoms in total. The lowest BCUT2D eigenvalue weighted by molar-refractivity contribution is -0.167. The number of hydrogen-bond acceptors (Lipinski definition) is 4. The molecule has 1 rings (SSSR count). The van der Waals surface area contributed by atoms with Crippen molar-refractivity contribution < 1.29 is 23.1 Å². The second-order valence-corrected chi connectivity index (χ2v) is 4.55. The molecule has 1 aromatic rings. The molecule has 0 saturated carbocycles. The number of alkyl halides is 3. The first-order chi connectivity index (χ1) is 8.64. The largest absolute Gasteiger partial charge is 0.471 e. The summed E-state index contributed by atoms with van der Waals surface area (Å²) in [4.78, 5) is 14.5. The predicted molar refractivity (Wildman–Crippen MR) is 63.7 cm³/mol. The highest BCUT2D eigenvalue weighted by molar-refractivity contribution is 5.94. The van der Waals surface area contributed by atoms with E-state index >= 15 is 0 Å². The molecule has 0 radical (unpaired) electrons. The summed E-state index contributed by atoms with van der Waals surface area (Å²) in [5.74, 6) is -1.67. The molecule has 0 aromatic carbocycles. The normalized spacial score (nSPS) is 12.1. The van der Waals surface area contributed by atoms with E-state index in [0.29, 0.717) is 5.82 Å². The number of nitrogens with zero attached hydrogens (tertiary/aromatic N) is 1. The average molecular weight is 277 g/mol. The van der Waals surface area contributed by atoms with E-state index in [4.69, 9.17) is 5.11 Å². The summed E-state index contributed by atoms with van der Waals surface area (Å²) in [5, 5.41) is 13.6. The zero-order valence-corrected chi connectivity index (χ0v) is 10.4. The molecule has 1 heterocycles. The second-order valence-electron chi connectivity index (χ2n) is 4.55. The van der Waals surface area contributed by atoms with E-state index < -0.39 is 17.6 Å². The van der Waals surface area contributed by atoms with Crippen LogP contribution >= 0.6 is 0 Å². The number of nitrogens with one attached hydrogen (secondary N) is 2. The van der Waals surface area contributed by atoms with Crippen LogP contribution in [-0.4, -0.2) is 34.3 Å². The predicted octanol–water partition coefficient (Wildman–Crippen LogP) is 1.77. The van der Waals surface area contributed by atoms with Crippen molar-refractivity contribution in [1.82, 2.24) is 4.98 Å². The van der Waals surface area contributed by atoms with E-state index in [2.05, 4.69) is 10.3 Å². The first-order valence-corrected chi connectivity index (χ1v) is 5.37. The van der Waals surface area contributed by atoms with E-state index in [1.807, 2.05) is 0 Å². The van der Waals surface area contributed by atoms with E-state index in [1.54, 1.807) is 19.2 Å². The van der Waals surface area contributed by atoms with Crippen LogP contribution in [0, 0.1) is 0 Å². The van der Waals surface area contributed by atoms with Crippen LogP contribution in [0.25, 0.3) is 0 Å². The highest BCUT2D eigenvalue weighted by Crippen LogP contribution is 2.19. The number of aromatic nitrogens is 1. The van der Waals surface area contributed by atoms with Crippen molar-refractivity contribution in [1.29, 1.82) is 0 Å². The highest BCUT2D eigenvalue weighted by Gasteiger charge is 2.38. The van der Waals surface area contributed by atoms with Gasteiger partial charge in [-0.3, -0.25) is 4.79 Å². The maximum absolute atomic E-state index is 12.0. The molecule has 0 aliphatic heterocycles. The molecule has 0 bridgehead atoms. The lowest BCUT2D eigenvalue weighted by atomic mass is 10.1. The molecule has 8 heteroatoms. The zero-order valence-electron chi connectivity index (χ0n) is 10.4. The zero-order chi connectivity index (χ0) is 14.7. The number of pyridine rings is 1. The summed E-state index contributed by atoms with van der Waals surface area (Å²) in [7, 11) is 0. The van der Waals surface area contributed by atoms with E-state index in [0.717, 1.165) is 6.20 Å². The number of hydrogen-bond donors (Lipinski definition) is 3. The molecule has 1 aromatic heterocycles. The van der Waals surface area contributed by atoms with Gasteiger partial charge in [-0.25, -0.2) is 4.98 Å². The van der Waals surface area contributed by atoms with Crippen LogP contribution in [0.3, 0.4) is 0 Å². The van der Waals surface area contributed by atoms with Crippen LogP contribution in [0.1, 0.15) is 13.8 Å². The van der Waals surface area contributed by atoms with Gasteiger partial charge in [0.2, 0.25) is 0 Å². The molecule has 0 fully saturated rings. The van der Waals surface area contributed by atoms with Crippen molar-refractivity contribution in [3.63, 3.8) is 0 Å². The highest BCUT2D eigenvalue weighted by atomic mass is 19.4. The van der Waals surface area contributed by atoms with Crippen molar-refractivity contribution in [2.45, 2.75) is 25.6 Å². The molecule has 0 aliphatic rings. The fourth-order valence-electron chi connectivity index (χ4n) is 1.13. The van der Waals surface area contributed by atoms with Gasteiger partial charge in [-0.05, 0) is 26.0 Å². The Morgan fingerprint density at radius 2 is 2.00 bits per heavy atom. The molecule has 0 aliphatic carbocycles. The van der Waals surface area contributed by atoms with Crippen LogP contribution in [0.5, 0.6) is 0 Å². The summed E-state index contributed by atoms with van der Waals surface area (Å²) in [6, 6.07) is 2.69. The van der Waals surface area contributed by atoms with Gasteiger partial charge in [-0.1, -0.05) is 0 Å². The molecule has 0 saturated heterocycles. The number of aliphatic hydroxyl groups is 1. The van der Waals surface area contributed by atoms with Gasteiger partial charge in [0.1, 0.15) is 5.82 Å². The van der Waals surface area contributed by atoms with Crippen molar-refractivity contribution in [2.24, 2.45) is 0 Å². The number of amides is 1. The third-order valence-corrected chi connectivity index (χ3v) is 2.14. The lowest BCUT2D eigenvalue weighted by Gasteiger charge is -2.24. The van der Waals surface area contributed by atoms with Crippen molar-refractivity contribution in [3.05, 3.63) is 18.3 Å². The van der Waals surface area contributed by atoms with Gasteiger partial charge in [-0.2, -0.15) is 13.2 Å². The van der Waals surface area contributed by atoms with E-state index in [1.165, 1.54) is 12.1 Å². The molecule has 0 atom stereocenters. The summed E-state index contributed by atoms with van der Waals surface area (Å²) < 4.78 is 36.0. The monoisotopic (exact) mass is 277 g/mol. The number of halogens is 3. The summed E-state index contributed by atoms with van der Waals surface area (Å²) in [6.45, 7) is 3.32. The Kier molecular flexibility index (Phi) is 4.35. The SMILES string of the molecule is CC(C)(CO)Nc1ccc(NC(=O)C(F)(F)F)cn1. The summed E-state index contributed by atoms with van der Waals surface area (Å²) in [6.07, 6.45) is -3.84. The minimum atomic E-state index is -4.93. The summed E-state index contributed by atoms with van der Waals surface area (Å²) >= 11 is 0. The number of anilines is 2. The molecule has 0 unspecified atom stereocenters. The Morgan fingerprint density at radius 3 is 2.42 bits per heavy atom. The Labute approximate surface area is 107 Å². The third-order valence-electron chi connectivity index (χ3n) is 2.14. The third kappa shape index (κ3) is 4.74. The lowest BCUT2D eigenvalue weighted by Crippen LogP contribution is -2.35. The number of aliphatic hydroxyl groups excluding tert-OH is 1. The Balaban J connectivity index is 2.70. The van der Waals surface area contributed by atoms with Crippen molar-refractivity contribution >= 4 is 17.4 Å². The molecule has 3 N–H and O–H groups in total. The van der Waals surface area contributed by atoms with Crippen LogP contribution in [0.4, 0.5) is 24.7 Å². The smallest absolute Gasteiger partial charge is 0.394 e. The van der Waals surface area contributed by atoms with Gasteiger partial charge in [0, 0.05) is 0 Å². The Bertz CT molecular complexity index is 443. The average Bonchev–Trinajstić information content (AvgIpc) is 2.30. The summed E-state index contributed by atoms with van der Waals surface area (Å²) in [5.41, 5.74) is -0.668. The molecule has 106 valence electrons. The fraction of sp³-hybridized carbons (Fsp3) is 0.455. The molecular weight excluding hydrogens is 263 g/mol. The maximum Gasteiger partial charge on any atom is 0.471 e.